The summed E-state index contributed by atoms with van der Waals surface area (Å²) in [6.07, 6.45) is 3.54. The molecule has 2 rings (SSSR count). The minimum absolute atomic E-state index is 0.325. The molecule has 0 aromatic carbocycles. The molecule has 2 heterocycles. The summed E-state index contributed by atoms with van der Waals surface area (Å²) in [5.74, 6) is 0. The Labute approximate surface area is 111 Å². The summed E-state index contributed by atoms with van der Waals surface area (Å²) in [6.45, 7) is 12.2. The molecule has 0 aliphatic carbocycles. The zero-order chi connectivity index (χ0) is 12.8. The van der Waals surface area contributed by atoms with Gasteiger partial charge in [0.05, 0.1) is 0 Å². The molecule has 106 valence electrons. The number of nitrogens with two attached hydrogens (primary N) is 1. The van der Waals surface area contributed by atoms with Gasteiger partial charge in [-0.3, -0.25) is 0 Å². The van der Waals surface area contributed by atoms with Crippen LogP contribution in [0.25, 0.3) is 0 Å². The molecule has 0 spiro atoms. The Hall–Kier alpha value is -0.160. The lowest BCUT2D eigenvalue weighted by Crippen LogP contribution is -2.52. The Bertz CT molecular complexity index is 233. The van der Waals surface area contributed by atoms with E-state index in [0.29, 0.717) is 5.41 Å². The van der Waals surface area contributed by atoms with Crippen molar-refractivity contribution in [2.24, 2.45) is 11.1 Å². The first-order valence-electron chi connectivity index (χ1n) is 7.50. The van der Waals surface area contributed by atoms with Crippen molar-refractivity contribution < 1.29 is 4.74 Å². The van der Waals surface area contributed by atoms with Gasteiger partial charge in [-0.15, -0.1) is 0 Å². The van der Waals surface area contributed by atoms with Crippen LogP contribution in [0.5, 0.6) is 0 Å². The topological polar surface area (TPSA) is 41.7 Å². The maximum atomic E-state index is 6.04. The van der Waals surface area contributed by atoms with Gasteiger partial charge in [0.1, 0.15) is 0 Å². The molecule has 0 aromatic rings. The number of rotatable bonds is 5. The third-order valence-corrected chi connectivity index (χ3v) is 4.55. The highest BCUT2D eigenvalue weighted by molar-refractivity contribution is 4.87. The first kappa shape index (κ1) is 14.3. The van der Waals surface area contributed by atoms with E-state index in [-0.39, 0.29) is 0 Å². The van der Waals surface area contributed by atoms with Crippen LogP contribution in [0, 0.1) is 5.41 Å². The molecule has 4 nitrogen and oxygen atoms in total. The summed E-state index contributed by atoms with van der Waals surface area (Å²) in [4.78, 5) is 5.19. The van der Waals surface area contributed by atoms with E-state index in [4.69, 9.17) is 10.5 Å². The number of ether oxygens (including phenoxy) is 1. The van der Waals surface area contributed by atoms with Crippen LogP contribution in [0.2, 0.25) is 0 Å². The highest BCUT2D eigenvalue weighted by Crippen LogP contribution is 2.30. The van der Waals surface area contributed by atoms with Gasteiger partial charge in [0.15, 0.2) is 0 Å². The second-order valence-electron chi connectivity index (χ2n) is 5.93. The lowest BCUT2D eigenvalue weighted by Gasteiger charge is -2.43. The van der Waals surface area contributed by atoms with Crippen molar-refractivity contribution in [1.82, 2.24) is 9.80 Å². The fourth-order valence-corrected chi connectivity index (χ4v) is 3.19. The van der Waals surface area contributed by atoms with E-state index in [9.17, 15) is 0 Å². The third-order valence-electron chi connectivity index (χ3n) is 4.55. The Morgan fingerprint density at radius 3 is 2.22 bits per heavy atom. The summed E-state index contributed by atoms with van der Waals surface area (Å²) < 4.78 is 5.48. The van der Waals surface area contributed by atoms with Crippen LogP contribution in [-0.2, 0) is 4.74 Å². The fraction of sp³-hybridized carbons (Fsp3) is 1.00. The standard InChI is InChI=1S/C14H29N3O/c1-2-5-16-6-8-17(9-7-16)13-14(12-15)3-10-18-11-4-14/h2-13,15H2,1H3. The molecule has 0 saturated carbocycles. The van der Waals surface area contributed by atoms with Crippen LogP contribution in [0.4, 0.5) is 0 Å². The Balaban J connectivity index is 1.79. The first-order valence-corrected chi connectivity index (χ1v) is 7.50. The molecular weight excluding hydrogens is 226 g/mol. The van der Waals surface area contributed by atoms with E-state index in [1.54, 1.807) is 0 Å². The van der Waals surface area contributed by atoms with Crippen LogP contribution >= 0.6 is 0 Å². The molecular formula is C14H29N3O. The van der Waals surface area contributed by atoms with E-state index in [2.05, 4.69) is 16.7 Å². The van der Waals surface area contributed by atoms with Crippen LogP contribution in [0.15, 0.2) is 0 Å². The Morgan fingerprint density at radius 2 is 1.67 bits per heavy atom. The molecule has 0 bridgehead atoms. The number of nitrogens with zero attached hydrogens (tertiary/aromatic N) is 2. The van der Waals surface area contributed by atoms with E-state index < -0.39 is 0 Å². The van der Waals surface area contributed by atoms with E-state index in [1.807, 2.05) is 0 Å². The SMILES string of the molecule is CCCN1CCN(CC2(CN)CCOCC2)CC1. The van der Waals surface area contributed by atoms with Crippen molar-refractivity contribution in [3.05, 3.63) is 0 Å². The minimum atomic E-state index is 0.325. The smallest absolute Gasteiger partial charge is 0.0472 e. The van der Waals surface area contributed by atoms with Gasteiger partial charge < -0.3 is 20.3 Å². The molecule has 0 amide bonds. The zero-order valence-electron chi connectivity index (χ0n) is 11.9. The van der Waals surface area contributed by atoms with Gasteiger partial charge in [0.25, 0.3) is 0 Å². The van der Waals surface area contributed by atoms with Crippen LogP contribution in [0.1, 0.15) is 26.2 Å². The molecule has 0 atom stereocenters. The quantitative estimate of drug-likeness (QED) is 0.788. The molecule has 0 unspecified atom stereocenters. The van der Waals surface area contributed by atoms with Gasteiger partial charge in [-0.1, -0.05) is 6.92 Å². The monoisotopic (exact) mass is 255 g/mol. The van der Waals surface area contributed by atoms with Crippen molar-refractivity contribution in [1.29, 1.82) is 0 Å². The highest BCUT2D eigenvalue weighted by Gasteiger charge is 2.33. The maximum Gasteiger partial charge on any atom is 0.0472 e. The molecule has 2 aliphatic rings. The van der Waals surface area contributed by atoms with E-state index >= 15 is 0 Å². The van der Waals surface area contributed by atoms with Gasteiger partial charge in [-0.25, -0.2) is 0 Å². The fourth-order valence-electron chi connectivity index (χ4n) is 3.19. The highest BCUT2D eigenvalue weighted by atomic mass is 16.5. The van der Waals surface area contributed by atoms with Crippen molar-refractivity contribution in [2.45, 2.75) is 26.2 Å². The summed E-state index contributed by atoms with van der Waals surface area (Å²) >= 11 is 0. The van der Waals surface area contributed by atoms with Crippen molar-refractivity contribution in [2.75, 3.05) is 59.0 Å². The minimum Gasteiger partial charge on any atom is -0.381 e. The Kier molecular flexibility index (Phi) is 5.42. The average molecular weight is 255 g/mol. The summed E-state index contributed by atoms with van der Waals surface area (Å²) in [6, 6.07) is 0. The lowest BCUT2D eigenvalue weighted by molar-refractivity contribution is -0.00828. The lowest BCUT2D eigenvalue weighted by atomic mass is 9.79. The first-order chi connectivity index (χ1) is 8.78. The number of hydrogen-bond acceptors (Lipinski definition) is 4. The van der Waals surface area contributed by atoms with E-state index in [1.165, 1.54) is 45.7 Å². The number of piperazine rings is 1. The summed E-state index contributed by atoms with van der Waals surface area (Å²) in [5, 5.41) is 0. The normalized spacial score (nSPS) is 26.3. The van der Waals surface area contributed by atoms with Crippen LogP contribution < -0.4 is 5.73 Å². The average Bonchev–Trinajstić information content (AvgIpc) is 2.42. The van der Waals surface area contributed by atoms with Crippen molar-refractivity contribution in [3.63, 3.8) is 0 Å². The molecule has 4 heteroatoms. The molecule has 2 fully saturated rings. The second kappa shape index (κ2) is 6.85. The van der Waals surface area contributed by atoms with Gasteiger partial charge >= 0.3 is 0 Å². The van der Waals surface area contributed by atoms with Gasteiger partial charge in [-0.2, -0.15) is 0 Å². The largest absolute Gasteiger partial charge is 0.381 e. The van der Waals surface area contributed by atoms with Gasteiger partial charge in [0, 0.05) is 45.9 Å². The zero-order valence-corrected chi connectivity index (χ0v) is 11.9. The van der Waals surface area contributed by atoms with Gasteiger partial charge in [-0.05, 0) is 37.8 Å². The Morgan fingerprint density at radius 1 is 1.06 bits per heavy atom. The molecule has 0 radical (unpaired) electrons. The van der Waals surface area contributed by atoms with Gasteiger partial charge in [0.2, 0.25) is 0 Å². The van der Waals surface area contributed by atoms with Crippen LogP contribution in [0.3, 0.4) is 0 Å². The molecule has 18 heavy (non-hydrogen) atoms. The number of hydrogen-bond donors (Lipinski definition) is 1. The van der Waals surface area contributed by atoms with Crippen LogP contribution in [-0.4, -0.2) is 68.8 Å². The maximum absolute atomic E-state index is 6.04. The molecule has 0 aromatic heterocycles. The summed E-state index contributed by atoms with van der Waals surface area (Å²) in [7, 11) is 0. The molecule has 2 saturated heterocycles. The van der Waals surface area contributed by atoms with Crippen molar-refractivity contribution in [3.8, 4) is 0 Å². The second-order valence-corrected chi connectivity index (χ2v) is 5.93. The van der Waals surface area contributed by atoms with E-state index in [0.717, 1.165) is 32.6 Å². The molecule has 2 aliphatic heterocycles. The third kappa shape index (κ3) is 3.67. The van der Waals surface area contributed by atoms with Crippen molar-refractivity contribution >= 4 is 0 Å². The predicted octanol–water partition coefficient (Wildman–Crippen LogP) is 0.770. The predicted molar refractivity (Wildman–Crippen MR) is 74.7 cm³/mol. The summed E-state index contributed by atoms with van der Waals surface area (Å²) in [5.41, 5.74) is 6.36. The molecule has 2 N–H and O–H groups in total.